The number of carbonyl (C=O) groups excluding carboxylic acids is 2. The highest BCUT2D eigenvalue weighted by Crippen LogP contribution is 2.28. The molecule has 0 saturated carbocycles. The lowest BCUT2D eigenvalue weighted by Gasteiger charge is -2.25. The van der Waals surface area contributed by atoms with Crippen LogP contribution in [-0.2, 0) is 16.0 Å². The molecule has 0 aliphatic carbocycles. The third-order valence-electron chi connectivity index (χ3n) is 6.60. The van der Waals surface area contributed by atoms with Crippen LogP contribution >= 0.6 is 0 Å². The van der Waals surface area contributed by atoms with E-state index in [9.17, 15) is 19.5 Å². The van der Waals surface area contributed by atoms with E-state index < -0.39 is 11.9 Å². The van der Waals surface area contributed by atoms with Gasteiger partial charge in [0, 0.05) is 30.4 Å². The minimum atomic E-state index is -0.986. The Morgan fingerprint density at radius 3 is 2.42 bits per heavy atom. The van der Waals surface area contributed by atoms with Gasteiger partial charge in [-0.2, -0.15) is 0 Å². The molecule has 1 fully saturated rings. The molecule has 1 aliphatic heterocycles. The number of benzene rings is 3. The summed E-state index contributed by atoms with van der Waals surface area (Å²) < 4.78 is 0. The van der Waals surface area contributed by atoms with Gasteiger partial charge in [0.2, 0.25) is 5.91 Å². The van der Waals surface area contributed by atoms with Crippen LogP contribution in [0.25, 0.3) is 11.1 Å². The van der Waals surface area contributed by atoms with E-state index in [1.165, 1.54) is 5.56 Å². The Labute approximate surface area is 210 Å². The number of aryl methyl sites for hydroxylation is 1. The molecule has 7 nitrogen and oxygen atoms in total. The van der Waals surface area contributed by atoms with Crippen LogP contribution in [0.2, 0.25) is 0 Å². The molecule has 2 atom stereocenters. The van der Waals surface area contributed by atoms with E-state index in [4.69, 9.17) is 5.73 Å². The summed E-state index contributed by atoms with van der Waals surface area (Å²) in [5, 5.41) is 12.2. The second-order valence-corrected chi connectivity index (χ2v) is 9.22. The largest absolute Gasteiger partial charge is 0.481 e. The number of likely N-dealkylation sites (tertiary alicyclic amines) is 1. The maximum absolute atomic E-state index is 13.0. The van der Waals surface area contributed by atoms with Gasteiger partial charge in [-0.05, 0) is 60.2 Å². The smallest absolute Gasteiger partial charge is 0.304 e. The van der Waals surface area contributed by atoms with Crippen molar-refractivity contribution < 1.29 is 19.5 Å². The summed E-state index contributed by atoms with van der Waals surface area (Å²) in [4.78, 5) is 39.0. The van der Waals surface area contributed by atoms with Crippen molar-refractivity contribution in [3.8, 4) is 11.1 Å². The standard InChI is InChI=1S/C29H31N3O4/c30-25-13-5-11-22(16-25)21-10-4-12-23(15-21)28(35)31-19-26-17-24(18-27(33)34)29(36)32(26)14-6-9-20-7-2-1-3-8-20/h1-5,7-8,10-13,15-16,24,26H,6,9,14,17-19,30H2,(H,31,35)(H,33,34)/t24-,26-/m0/s1. The number of hydrogen-bond donors (Lipinski definition) is 3. The van der Waals surface area contributed by atoms with Gasteiger partial charge in [0.15, 0.2) is 0 Å². The number of nitrogen functional groups attached to an aromatic ring is 1. The minimum absolute atomic E-state index is 0.145. The van der Waals surface area contributed by atoms with E-state index in [2.05, 4.69) is 17.4 Å². The molecule has 0 spiro atoms. The molecule has 186 valence electrons. The number of aliphatic carboxylic acids is 1. The highest BCUT2D eigenvalue weighted by molar-refractivity contribution is 5.95. The maximum atomic E-state index is 13.0. The zero-order valence-electron chi connectivity index (χ0n) is 20.1. The van der Waals surface area contributed by atoms with Gasteiger partial charge in [0.1, 0.15) is 0 Å². The predicted octanol–water partition coefficient (Wildman–Crippen LogP) is 3.99. The number of carboxylic acids is 1. The Kier molecular flexibility index (Phi) is 8.00. The van der Waals surface area contributed by atoms with E-state index in [-0.39, 0.29) is 30.8 Å². The molecule has 0 aromatic heterocycles. The number of rotatable bonds is 10. The molecule has 0 unspecified atom stereocenters. The van der Waals surface area contributed by atoms with Gasteiger partial charge >= 0.3 is 5.97 Å². The number of carbonyl (C=O) groups is 3. The lowest BCUT2D eigenvalue weighted by molar-refractivity contribution is -0.142. The Hall–Kier alpha value is -4.13. The normalized spacial score (nSPS) is 17.2. The van der Waals surface area contributed by atoms with Crippen molar-refractivity contribution >= 4 is 23.5 Å². The number of hydrogen-bond acceptors (Lipinski definition) is 4. The summed E-state index contributed by atoms with van der Waals surface area (Å²) in [7, 11) is 0. The summed E-state index contributed by atoms with van der Waals surface area (Å²) in [5.74, 6) is -1.93. The summed E-state index contributed by atoms with van der Waals surface area (Å²) in [6.07, 6.45) is 1.81. The van der Waals surface area contributed by atoms with Crippen LogP contribution in [0.15, 0.2) is 78.9 Å². The molecule has 1 aliphatic rings. The molecular weight excluding hydrogens is 454 g/mol. The van der Waals surface area contributed by atoms with Crippen molar-refractivity contribution in [1.82, 2.24) is 10.2 Å². The predicted molar refractivity (Wildman–Crippen MR) is 139 cm³/mol. The van der Waals surface area contributed by atoms with E-state index in [1.54, 1.807) is 11.0 Å². The molecule has 4 rings (SSSR count). The molecule has 1 heterocycles. The number of nitrogens with zero attached hydrogens (tertiary/aromatic N) is 1. The first kappa shape index (κ1) is 25.0. The number of carboxylic acid groups (broad SMARTS) is 1. The third-order valence-corrected chi connectivity index (χ3v) is 6.60. The zero-order chi connectivity index (χ0) is 25.5. The van der Waals surface area contributed by atoms with Gasteiger partial charge in [-0.3, -0.25) is 14.4 Å². The van der Waals surface area contributed by atoms with Crippen molar-refractivity contribution in [2.75, 3.05) is 18.8 Å². The van der Waals surface area contributed by atoms with Gasteiger partial charge in [-0.25, -0.2) is 0 Å². The number of nitrogens with one attached hydrogen (secondary N) is 1. The van der Waals surface area contributed by atoms with Crippen LogP contribution < -0.4 is 11.1 Å². The SMILES string of the molecule is Nc1cccc(-c2cccc(C(=O)NC[C@@H]3C[C@@H](CC(=O)O)C(=O)N3CCCc3ccccc3)c2)c1. The molecule has 2 amide bonds. The monoisotopic (exact) mass is 485 g/mol. The Bertz CT molecular complexity index is 1230. The van der Waals surface area contributed by atoms with Gasteiger partial charge in [-0.15, -0.1) is 0 Å². The quantitative estimate of drug-likeness (QED) is 0.376. The molecule has 0 bridgehead atoms. The topological polar surface area (TPSA) is 113 Å². The lowest BCUT2D eigenvalue weighted by Crippen LogP contribution is -2.42. The first-order valence-electron chi connectivity index (χ1n) is 12.2. The molecule has 0 radical (unpaired) electrons. The van der Waals surface area contributed by atoms with Crippen LogP contribution in [0, 0.1) is 5.92 Å². The summed E-state index contributed by atoms with van der Waals surface area (Å²) in [5.41, 5.74) is 10.1. The highest BCUT2D eigenvalue weighted by Gasteiger charge is 2.40. The van der Waals surface area contributed by atoms with Crippen molar-refractivity contribution in [1.29, 1.82) is 0 Å². The van der Waals surface area contributed by atoms with E-state index in [0.29, 0.717) is 24.2 Å². The first-order valence-corrected chi connectivity index (χ1v) is 12.2. The third kappa shape index (κ3) is 6.30. The minimum Gasteiger partial charge on any atom is -0.481 e. The van der Waals surface area contributed by atoms with E-state index in [1.807, 2.05) is 60.7 Å². The average Bonchev–Trinajstić information content (AvgIpc) is 3.16. The van der Waals surface area contributed by atoms with Gasteiger partial charge in [-0.1, -0.05) is 54.6 Å². The van der Waals surface area contributed by atoms with Crippen molar-refractivity contribution in [3.05, 3.63) is 90.0 Å². The van der Waals surface area contributed by atoms with Gasteiger partial charge in [0.05, 0.1) is 12.3 Å². The number of amides is 2. The Morgan fingerprint density at radius 2 is 1.69 bits per heavy atom. The molecule has 36 heavy (non-hydrogen) atoms. The molecule has 7 heteroatoms. The van der Waals surface area contributed by atoms with Gasteiger partial charge < -0.3 is 21.1 Å². The van der Waals surface area contributed by atoms with Crippen LogP contribution in [0.1, 0.15) is 35.2 Å². The van der Waals surface area contributed by atoms with E-state index >= 15 is 0 Å². The van der Waals surface area contributed by atoms with Gasteiger partial charge in [0.25, 0.3) is 5.91 Å². The van der Waals surface area contributed by atoms with Crippen molar-refractivity contribution in [2.45, 2.75) is 31.7 Å². The number of anilines is 1. The summed E-state index contributed by atoms with van der Waals surface area (Å²) in [6.45, 7) is 0.795. The van der Waals surface area contributed by atoms with Crippen molar-refractivity contribution in [3.63, 3.8) is 0 Å². The van der Waals surface area contributed by atoms with E-state index in [0.717, 1.165) is 24.0 Å². The van der Waals surface area contributed by atoms with Crippen LogP contribution in [0.3, 0.4) is 0 Å². The summed E-state index contributed by atoms with van der Waals surface area (Å²) in [6, 6.07) is 24.6. The van der Waals surface area contributed by atoms with Crippen LogP contribution in [-0.4, -0.2) is 46.9 Å². The second-order valence-electron chi connectivity index (χ2n) is 9.22. The van der Waals surface area contributed by atoms with Crippen LogP contribution in [0.4, 0.5) is 5.69 Å². The average molecular weight is 486 g/mol. The summed E-state index contributed by atoms with van der Waals surface area (Å²) >= 11 is 0. The maximum Gasteiger partial charge on any atom is 0.304 e. The Balaban J connectivity index is 1.41. The molecule has 1 saturated heterocycles. The molecule has 3 aromatic rings. The fraction of sp³-hybridized carbons (Fsp3) is 0.276. The first-order chi connectivity index (χ1) is 17.4. The zero-order valence-corrected chi connectivity index (χ0v) is 20.1. The fourth-order valence-corrected chi connectivity index (χ4v) is 4.81. The van der Waals surface area contributed by atoms with Crippen molar-refractivity contribution in [2.24, 2.45) is 5.92 Å². The van der Waals surface area contributed by atoms with Crippen LogP contribution in [0.5, 0.6) is 0 Å². The highest BCUT2D eigenvalue weighted by atomic mass is 16.4. The second kappa shape index (κ2) is 11.5. The molecule has 3 aromatic carbocycles. The molecule has 4 N–H and O–H groups in total. The fourth-order valence-electron chi connectivity index (χ4n) is 4.81. The molecular formula is C29H31N3O4. The Morgan fingerprint density at radius 1 is 0.972 bits per heavy atom. The number of nitrogens with two attached hydrogens (primary N) is 1. The lowest BCUT2D eigenvalue weighted by atomic mass is 10.0.